The Morgan fingerprint density at radius 2 is 1.61 bits per heavy atom. The van der Waals surface area contributed by atoms with Gasteiger partial charge in [0.2, 0.25) is 21.8 Å². The summed E-state index contributed by atoms with van der Waals surface area (Å²) in [7, 11) is -2.01. The smallest absolute Gasteiger partial charge is 0.246 e. The number of para-hydroxylation sites is 1. The largest absolute Gasteiger partial charge is 0.333 e. The molecule has 0 atom stereocenters. The van der Waals surface area contributed by atoms with Gasteiger partial charge in [0.25, 0.3) is 0 Å². The van der Waals surface area contributed by atoms with Crippen molar-refractivity contribution < 1.29 is 18.0 Å². The molecule has 166 valence electrons. The number of aryl methyl sites for hydroxylation is 2. The first kappa shape index (κ1) is 24.3. The zero-order valence-electron chi connectivity index (χ0n) is 18.5. The molecule has 0 fully saturated rings. The molecule has 0 radical (unpaired) electrons. The summed E-state index contributed by atoms with van der Waals surface area (Å²) in [6.07, 6.45) is 2.93. The lowest BCUT2D eigenvalue weighted by Gasteiger charge is -2.16. The van der Waals surface area contributed by atoms with Crippen LogP contribution in [-0.2, 0) is 19.6 Å². The Morgan fingerprint density at radius 3 is 2.16 bits per heavy atom. The molecule has 0 unspecified atom stereocenters. The van der Waals surface area contributed by atoms with Crippen molar-refractivity contribution in [1.82, 2.24) is 9.62 Å². The topological polar surface area (TPSA) is 95.6 Å². The third-order valence-electron chi connectivity index (χ3n) is 4.50. The van der Waals surface area contributed by atoms with Crippen LogP contribution in [0.15, 0.2) is 53.4 Å². The zero-order chi connectivity index (χ0) is 23.2. The molecular formula is C23H29N3O4S. The van der Waals surface area contributed by atoms with E-state index in [0.29, 0.717) is 5.56 Å². The molecule has 2 rings (SSSR count). The number of carbonyl (C=O) groups excluding carboxylic acids is 2. The van der Waals surface area contributed by atoms with Gasteiger partial charge in [0.15, 0.2) is 0 Å². The average molecular weight is 444 g/mol. The molecule has 0 saturated carbocycles. The normalized spacial score (nSPS) is 11.7. The SMILES string of the molecule is Cc1cccc(C)c1NC(=O)CN(C)C(=O)/C=C/c1ccc(S(=O)(=O)NC(C)C)cc1. The Hall–Kier alpha value is -2.97. The number of hydrogen-bond donors (Lipinski definition) is 2. The highest BCUT2D eigenvalue weighted by molar-refractivity contribution is 7.89. The molecule has 2 N–H and O–H groups in total. The number of nitrogens with zero attached hydrogens (tertiary/aromatic N) is 1. The van der Waals surface area contributed by atoms with Crippen LogP contribution >= 0.6 is 0 Å². The van der Waals surface area contributed by atoms with Gasteiger partial charge in [-0.1, -0.05) is 30.3 Å². The van der Waals surface area contributed by atoms with Crippen LogP contribution in [-0.4, -0.2) is 44.8 Å². The minimum atomic E-state index is -3.56. The highest BCUT2D eigenvalue weighted by Crippen LogP contribution is 2.19. The summed E-state index contributed by atoms with van der Waals surface area (Å²) in [5.74, 6) is -0.622. The van der Waals surface area contributed by atoms with Gasteiger partial charge in [0, 0.05) is 24.9 Å². The minimum Gasteiger partial charge on any atom is -0.333 e. The van der Waals surface area contributed by atoms with E-state index < -0.39 is 10.0 Å². The van der Waals surface area contributed by atoms with Gasteiger partial charge in [0.1, 0.15) is 0 Å². The predicted molar refractivity (Wildman–Crippen MR) is 123 cm³/mol. The summed E-state index contributed by atoms with van der Waals surface area (Å²) >= 11 is 0. The van der Waals surface area contributed by atoms with Gasteiger partial charge < -0.3 is 10.2 Å². The summed E-state index contributed by atoms with van der Waals surface area (Å²) in [5.41, 5.74) is 3.34. The van der Waals surface area contributed by atoms with E-state index in [2.05, 4.69) is 10.0 Å². The van der Waals surface area contributed by atoms with Crippen molar-refractivity contribution in [3.63, 3.8) is 0 Å². The molecule has 0 saturated heterocycles. The van der Waals surface area contributed by atoms with Gasteiger partial charge in [-0.3, -0.25) is 9.59 Å². The zero-order valence-corrected chi connectivity index (χ0v) is 19.3. The maximum atomic E-state index is 12.3. The van der Waals surface area contributed by atoms with Gasteiger partial charge in [-0.2, -0.15) is 0 Å². The van der Waals surface area contributed by atoms with Crippen LogP contribution in [0.4, 0.5) is 5.69 Å². The van der Waals surface area contributed by atoms with Crippen LogP contribution in [0, 0.1) is 13.8 Å². The second-order valence-corrected chi connectivity index (χ2v) is 9.40. The lowest BCUT2D eigenvalue weighted by Crippen LogP contribution is -2.34. The molecule has 8 heteroatoms. The lowest BCUT2D eigenvalue weighted by atomic mass is 10.1. The number of sulfonamides is 1. The fourth-order valence-electron chi connectivity index (χ4n) is 2.92. The van der Waals surface area contributed by atoms with Crippen LogP contribution in [0.5, 0.6) is 0 Å². The van der Waals surface area contributed by atoms with E-state index in [0.717, 1.165) is 16.8 Å². The van der Waals surface area contributed by atoms with Crippen LogP contribution < -0.4 is 10.0 Å². The van der Waals surface area contributed by atoms with Gasteiger partial charge in [-0.15, -0.1) is 0 Å². The quantitative estimate of drug-likeness (QED) is 0.613. The molecule has 0 aliphatic heterocycles. The highest BCUT2D eigenvalue weighted by Gasteiger charge is 2.15. The summed E-state index contributed by atoms with van der Waals surface area (Å²) in [6.45, 7) is 7.23. The number of rotatable bonds is 8. The summed E-state index contributed by atoms with van der Waals surface area (Å²) in [5, 5.41) is 2.85. The standard InChI is InChI=1S/C23H29N3O4S/c1-16(2)25-31(29,30)20-12-9-19(10-13-20)11-14-22(28)26(5)15-21(27)24-23-17(3)7-6-8-18(23)4/h6-14,16,25H,15H2,1-5H3,(H,24,27)/b14-11+. The second kappa shape index (κ2) is 10.4. The molecule has 0 bridgehead atoms. The fraction of sp³-hybridized carbons (Fsp3) is 0.304. The molecule has 0 aliphatic carbocycles. The van der Waals surface area contributed by atoms with Crippen LogP contribution in [0.1, 0.15) is 30.5 Å². The molecule has 2 aromatic carbocycles. The van der Waals surface area contributed by atoms with Crippen LogP contribution in [0.2, 0.25) is 0 Å². The Balaban J connectivity index is 1.97. The van der Waals surface area contributed by atoms with Crippen LogP contribution in [0.3, 0.4) is 0 Å². The third-order valence-corrected chi connectivity index (χ3v) is 6.18. The van der Waals surface area contributed by atoms with E-state index in [1.54, 1.807) is 39.1 Å². The Kier molecular flexibility index (Phi) is 8.13. The summed E-state index contributed by atoms with van der Waals surface area (Å²) in [6, 6.07) is 11.7. The number of hydrogen-bond acceptors (Lipinski definition) is 4. The molecule has 0 heterocycles. The average Bonchev–Trinajstić information content (AvgIpc) is 2.68. The maximum Gasteiger partial charge on any atom is 0.246 e. The molecule has 0 aliphatic rings. The van der Waals surface area contributed by atoms with Crippen LogP contribution in [0.25, 0.3) is 6.08 Å². The minimum absolute atomic E-state index is 0.0883. The third kappa shape index (κ3) is 7.04. The molecule has 0 aromatic heterocycles. The predicted octanol–water partition coefficient (Wildman–Crippen LogP) is 3.10. The Morgan fingerprint density at radius 1 is 1.03 bits per heavy atom. The van der Waals surface area contributed by atoms with Crippen molar-refractivity contribution in [3.8, 4) is 0 Å². The Labute approximate surface area is 184 Å². The van der Waals surface area contributed by atoms with Crippen molar-refractivity contribution in [2.75, 3.05) is 18.9 Å². The van der Waals surface area contributed by atoms with E-state index >= 15 is 0 Å². The number of nitrogens with one attached hydrogen (secondary N) is 2. The number of amides is 2. The van der Waals surface area contributed by atoms with E-state index in [1.807, 2.05) is 32.0 Å². The molecule has 2 aromatic rings. The molecule has 2 amide bonds. The second-order valence-electron chi connectivity index (χ2n) is 7.69. The van der Waals surface area contributed by atoms with Crippen molar-refractivity contribution >= 4 is 33.6 Å². The first-order valence-electron chi connectivity index (χ1n) is 9.91. The fourth-order valence-corrected chi connectivity index (χ4v) is 4.17. The molecule has 7 nitrogen and oxygen atoms in total. The number of likely N-dealkylation sites (N-methyl/N-ethyl adjacent to an activating group) is 1. The number of benzene rings is 2. The summed E-state index contributed by atoms with van der Waals surface area (Å²) in [4.78, 5) is 26.1. The lowest BCUT2D eigenvalue weighted by molar-refractivity contribution is -0.129. The molecular weight excluding hydrogens is 414 g/mol. The first-order valence-corrected chi connectivity index (χ1v) is 11.4. The van der Waals surface area contributed by atoms with E-state index in [9.17, 15) is 18.0 Å². The van der Waals surface area contributed by atoms with Crippen molar-refractivity contribution in [2.45, 2.75) is 38.6 Å². The van der Waals surface area contributed by atoms with Gasteiger partial charge in [0.05, 0.1) is 11.4 Å². The van der Waals surface area contributed by atoms with Crippen molar-refractivity contribution in [3.05, 3.63) is 65.2 Å². The maximum absolute atomic E-state index is 12.3. The number of anilines is 1. The van der Waals surface area contributed by atoms with E-state index in [1.165, 1.54) is 23.1 Å². The Bertz CT molecular complexity index is 1050. The highest BCUT2D eigenvalue weighted by atomic mass is 32.2. The summed E-state index contributed by atoms with van der Waals surface area (Å²) < 4.78 is 26.8. The van der Waals surface area contributed by atoms with Crippen molar-refractivity contribution in [2.24, 2.45) is 0 Å². The van der Waals surface area contributed by atoms with Gasteiger partial charge in [-0.25, -0.2) is 13.1 Å². The van der Waals surface area contributed by atoms with E-state index in [-0.39, 0.29) is 29.3 Å². The van der Waals surface area contributed by atoms with Gasteiger partial charge in [-0.05, 0) is 62.6 Å². The molecule has 0 spiro atoms. The van der Waals surface area contributed by atoms with Gasteiger partial charge >= 0.3 is 0 Å². The molecule has 31 heavy (non-hydrogen) atoms. The monoisotopic (exact) mass is 443 g/mol. The van der Waals surface area contributed by atoms with E-state index in [4.69, 9.17) is 0 Å². The first-order chi connectivity index (χ1) is 14.5. The number of carbonyl (C=O) groups is 2. The van der Waals surface area contributed by atoms with Crippen molar-refractivity contribution in [1.29, 1.82) is 0 Å².